The van der Waals surface area contributed by atoms with Crippen molar-refractivity contribution >= 4 is 11.7 Å². The number of benzene rings is 2. The number of hydrogen-bond donors (Lipinski definition) is 2. The summed E-state index contributed by atoms with van der Waals surface area (Å²) in [5.41, 5.74) is -0.420. The summed E-state index contributed by atoms with van der Waals surface area (Å²) in [6.07, 6.45) is -4.29. The fourth-order valence-electron chi connectivity index (χ4n) is 2.57. The van der Waals surface area contributed by atoms with Gasteiger partial charge in [0.05, 0.1) is 17.3 Å². The van der Waals surface area contributed by atoms with E-state index in [2.05, 4.69) is 5.32 Å². The molecule has 7 heteroatoms. The molecule has 0 fully saturated rings. The lowest BCUT2D eigenvalue weighted by Gasteiger charge is -2.29. The number of amides is 2. The highest BCUT2D eigenvalue weighted by Crippen LogP contribution is 2.35. The van der Waals surface area contributed by atoms with E-state index in [0.29, 0.717) is 0 Å². The predicted molar refractivity (Wildman–Crippen MR) is 89.1 cm³/mol. The summed E-state index contributed by atoms with van der Waals surface area (Å²) in [6.45, 7) is -0.156. The minimum atomic E-state index is -4.56. The molecular formula is C18H19F3N2O2. The second kappa shape index (κ2) is 8.02. The van der Waals surface area contributed by atoms with Crippen molar-refractivity contribution in [3.63, 3.8) is 0 Å². The number of carbonyl (C=O) groups is 1. The fraction of sp³-hybridized carbons (Fsp3) is 0.278. The van der Waals surface area contributed by atoms with Crippen molar-refractivity contribution in [1.29, 1.82) is 0 Å². The van der Waals surface area contributed by atoms with E-state index in [1.807, 2.05) is 6.07 Å². The Morgan fingerprint density at radius 3 is 2.32 bits per heavy atom. The molecule has 0 radical (unpaired) electrons. The van der Waals surface area contributed by atoms with Gasteiger partial charge < -0.3 is 15.3 Å². The van der Waals surface area contributed by atoms with Crippen LogP contribution in [0.1, 0.15) is 23.6 Å². The van der Waals surface area contributed by atoms with E-state index in [4.69, 9.17) is 0 Å². The number of alkyl halides is 3. The first kappa shape index (κ1) is 18.8. The standard InChI is InChI=1S/C18H19F3N2O2/c1-23(16(11-12-24)13-7-3-2-4-8-13)17(25)22-15-10-6-5-9-14(15)18(19,20)21/h2-10,16,24H,11-12H2,1H3,(H,22,25)/t16-/m0/s1. The Bertz CT molecular complexity index is 705. The molecule has 0 heterocycles. The number of para-hydroxylation sites is 1. The number of aliphatic hydroxyl groups excluding tert-OH is 1. The minimum Gasteiger partial charge on any atom is -0.396 e. The molecule has 0 aliphatic heterocycles. The summed E-state index contributed by atoms with van der Waals surface area (Å²) in [6, 6.07) is 12.7. The Morgan fingerprint density at radius 1 is 1.12 bits per heavy atom. The Morgan fingerprint density at radius 2 is 1.72 bits per heavy atom. The van der Waals surface area contributed by atoms with Crippen LogP contribution in [0.3, 0.4) is 0 Å². The van der Waals surface area contributed by atoms with Gasteiger partial charge in [0, 0.05) is 13.7 Å². The largest absolute Gasteiger partial charge is 0.418 e. The van der Waals surface area contributed by atoms with E-state index in [9.17, 15) is 23.1 Å². The molecule has 0 unspecified atom stereocenters. The van der Waals surface area contributed by atoms with E-state index in [0.717, 1.165) is 11.6 Å². The summed E-state index contributed by atoms with van der Waals surface area (Å²) < 4.78 is 39.1. The number of urea groups is 1. The van der Waals surface area contributed by atoms with Crippen molar-refractivity contribution < 1.29 is 23.1 Å². The second-order valence-electron chi connectivity index (χ2n) is 5.52. The minimum absolute atomic E-state index is 0.156. The molecule has 0 saturated heterocycles. The van der Waals surface area contributed by atoms with Gasteiger partial charge in [-0.05, 0) is 24.1 Å². The lowest BCUT2D eigenvalue weighted by molar-refractivity contribution is -0.136. The third-order valence-electron chi connectivity index (χ3n) is 3.85. The molecule has 0 saturated carbocycles. The van der Waals surface area contributed by atoms with E-state index in [1.54, 1.807) is 24.3 Å². The van der Waals surface area contributed by atoms with Crippen LogP contribution in [0, 0.1) is 0 Å². The van der Waals surface area contributed by atoms with Crippen LogP contribution in [-0.2, 0) is 6.18 Å². The van der Waals surface area contributed by atoms with Crippen LogP contribution in [-0.4, -0.2) is 29.7 Å². The molecule has 0 aromatic heterocycles. The number of hydrogen-bond acceptors (Lipinski definition) is 2. The van der Waals surface area contributed by atoms with Crippen molar-refractivity contribution in [3.8, 4) is 0 Å². The van der Waals surface area contributed by atoms with Crippen molar-refractivity contribution in [3.05, 3.63) is 65.7 Å². The summed E-state index contributed by atoms with van der Waals surface area (Å²) in [5.74, 6) is 0. The molecule has 0 spiro atoms. The van der Waals surface area contributed by atoms with Crippen molar-refractivity contribution in [2.24, 2.45) is 0 Å². The van der Waals surface area contributed by atoms with Gasteiger partial charge in [0.15, 0.2) is 0 Å². The predicted octanol–water partition coefficient (Wildman–Crippen LogP) is 4.29. The van der Waals surface area contributed by atoms with Crippen LogP contribution in [0.5, 0.6) is 0 Å². The summed E-state index contributed by atoms with van der Waals surface area (Å²) >= 11 is 0. The molecular weight excluding hydrogens is 333 g/mol. The highest BCUT2D eigenvalue weighted by atomic mass is 19.4. The topological polar surface area (TPSA) is 52.6 Å². The first-order valence-corrected chi connectivity index (χ1v) is 7.70. The lowest BCUT2D eigenvalue weighted by atomic mass is 10.0. The van der Waals surface area contributed by atoms with Gasteiger partial charge in [-0.3, -0.25) is 0 Å². The Balaban J connectivity index is 2.22. The zero-order valence-electron chi connectivity index (χ0n) is 13.6. The molecule has 1 atom stereocenters. The van der Waals surface area contributed by atoms with Crippen LogP contribution in [0.2, 0.25) is 0 Å². The maximum absolute atomic E-state index is 13.0. The third kappa shape index (κ3) is 4.73. The van der Waals surface area contributed by atoms with E-state index in [1.165, 1.54) is 30.1 Å². The molecule has 2 aromatic carbocycles. The molecule has 134 valence electrons. The second-order valence-corrected chi connectivity index (χ2v) is 5.52. The van der Waals surface area contributed by atoms with Gasteiger partial charge in [-0.1, -0.05) is 42.5 Å². The quantitative estimate of drug-likeness (QED) is 0.843. The van der Waals surface area contributed by atoms with Gasteiger partial charge in [-0.15, -0.1) is 0 Å². The van der Waals surface area contributed by atoms with Crippen LogP contribution >= 0.6 is 0 Å². The van der Waals surface area contributed by atoms with Crippen LogP contribution in [0.15, 0.2) is 54.6 Å². The zero-order chi connectivity index (χ0) is 18.4. The summed E-state index contributed by atoms with van der Waals surface area (Å²) in [4.78, 5) is 13.7. The van der Waals surface area contributed by atoms with Crippen molar-refractivity contribution in [2.75, 3.05) is 19.0 Å². The van der Waals surface area contributed by atoms with Gasteiger partial charge in [0.2, 0.25) is 0 Å². The first-order chi connectivity index (χ1) is 11.8. The van der Waals surface area contributed by atoms with Crippen molar-refractivity contribution in [2.45, 2.75) is 18.6 Å². The monoisotopic (exact) mass is 352 g/mol. The van der Waals surface area contributed by atoms with Crippen LogP contribution < -0.4 is 5.32 Å². The fourth-order valence-corrected chi connectivity index (χ4v) is 2.57. The summed E-state index contributed by atoms with van der Waals surface area (Å²) in [7, 11) is 1.48. The smallest absolute Gasteiger partial charge is 0.396 e. The average Bonchev–Trinajstić information content (AvgIpc) is 2.59. The van der Waals surface area contributed by atoms with Gasteiger partial charge >= 0.3 is 12.2 Å². The number of carbonyl (C=O) groups excluding carboxylic acids is 1. The normalized spacial score (nSPS) is 12.5. The lowest BCUT2D eigenvalue weighted by Crippen LogP contribution is -2.35. The van der Waals surface area contributed by atoms with E-state index >= 15 is 0 Å². The SMILES string of the molecule is CN(C(=O)Nc1ccccc1C(F)(F)F)[C@@H](CCO)c1ccccc1. The van der Waals surface area contributed by atoms with Crippen LogP contribution in [0.4, 0.5) is 23.7 Å². The van der Waals surface area contributed by atoms with Crippen molar-refractivity contribution in [1.82, 2.24) is 4.90 Å². The zero-order valence-corrected chi connectivity index (χ0v) is 13.6. The van der Waals surface area contributed by atoms with Gasteiger partial charge in [-0.2, -0.15) is 13.2 Å². The number of aliphatic hydroxyl groups is 1. The molecule has 2 aromatic rings. The molecule has 25 heavy (non-hydrogen) atoms. The molecule has 2 N–H and O–H groups in total. The average molecular weight is 352 g/mol. The maximum atomic E-state index is 13.0. The number of halogens is 3. The third-order valence-corrected chi connectivity index (χ3v) is 3.85. The maximum Gasteiger partial charge on any atom is 0.418 e. The Kier molecular flexibility index (Phi) is 6.03. The molecule has 0 aliphatic carbocycles. The van der Waals surface area contributed by atoms with Gasteiger partial charge in [0.25, 0.3) is 0 Å². The molecule has 0 bridgehead atoms. The van der Waals surface area contributed by atoms with E-state index < -0.39 is 23.8 Å². The number of nitrogens with zero attached hydrogens (tertiary/aromatic N) is 1. The summed E-state index contributed by atoms with van der Waals surface area (Å²) in [5, 5.41) is 11.6. The number of rotatable bonds is 5. The van der Waals surface area contributed by atoms with Gasteiger partial charge in [-0.25, -0.2) is 4.79 Å². The molecule has 4 nitrogen and oxygen atoms in total. The number of nitrogens with one attached hydrogen (secondary N) is 1. The first-order valence-electron chi connectivity index (χ1n) is 7.70. The molecule has 0 aliphatic rings. The van der Waals surface area contributed by atoms with Crippen LogP contribution in [0.25, 0.3) is 0 Å². The highest BCUT2D eigenvalue weighted by molar-refractivity contribution is 5.90. The van der Waals surface area contributed by atoms with E-state index in [-0.39, 0.29) is 18.7 Å². The van der Waals surface area contributed by atoms with Gasteiger partial charge in [0.1, 0.15) is 0 Å². The Hall–Kier alpha value is -2.54. The molecule has 2 amide bonds. The Labute approximate surface area is 143 Å². The molecule has 2 rings (SSSR count). The number of anilines is 1. The highest BCUT2D eigenvalue weighted by Gasteiger charge is 2.34.